The molecule has 142 valence electrons. The first-order valence-corrected chi connectivity index (χ1v) is 9.34. The van der Waals surface area contributed by atoms with E-state index in [4.69, 9.17) is 27.7 Å². The van der Waals surface area contributed by atoms with Crippen LogP contribution in [0.4, 0.5) is 0 Å². The third-order valence-electron chi connectivity index (χ3n) is 3.83. The lowest BCUT2D eigenvalue weighted by Gasteiger charge is -2.22. The number of aliphatic imine (C=N–C) groups is 1. The summed E-state index contributed by atoms with van der Waals surface area (Å²) >= 11 is 12.0. The van der Waals surface area contributed by atoms with Gasteiger partial charge in [-0.05, 0) is 24.1 Å². The molecule has 0 unspecified atom stereocenters. The van der Waals surface area contributed by atoms with Crippen LogP contribution in [0, 0.1) is 0 Å². The molecular weight excluding hydrogens is 373 g/mol. The maximum absolute atomic E-state index is 6.08. The number of hydrogen-bond donors (Lipinski definition) is 1. The highest BCUT2D eigenvalue weighted by molar-refractivity contribution is 6.42. The Hall–Kier alpha value is -1.79. The normalized spacial score (nSPS) is 11.9. The Balaban J connectivity index is 1.79. The lowest BCUT2D eigenvalue weighted by molar-refractivity contribution is 0.368. The molecule has 2 aromatic rings. The molecule has 0 aliphatic carbocycles. The van der Waals surface area contributed by atoms with E-state index in [-0.39, 0.29) is 5.92 Å². The molecule has 0 radical (unpaired) electrons. The molecule has 1 aromatic heterocycles. The van der Waals surface area contributed by atoms with E-state index in [2.05, 4.69) is 20.4 Å². The van der Waals surface area contributed by atoms with E-state index >= 15 is 0 Å². The zero-order valence-corrected chi connectivity index (χ0v) is 17.1. The largest absolute Gasteiger partial charge is 0.356 e. The zero-order chi connectivity index (χ0) is 19.1. The van der Waals surface area contributed by atoms with Crippen molar-refractivity contribution in [3.05, 3.63) is 45.5 Å². The summed E-state index contributed by atoms with van der Waals surface area (Å²) in [6, 6.07) is 5.63. The maximum atomic E-state index is 6.08. The molecule has 0 amide bonds. The smallest absolute Gasteiger partial charge is 0.226 e. The van der Waals surface area contributed by atoms with Gasteiger partial charge in [0, 0.05) is 39.5 Å². The Bertz CT molecular complexity index is 745. The highest BCUT2D eigenvalue weighted by Gasteiger charge is 2.10. The summed E-state index contributed by atoms with van der Waals surface area (Å²) in [6.07, 6.45) is 1.61. The maximum Gasteiger partial charge on any atom is 0.226 e. The van der Waals surface area contributed by atoms with Gasteiger partial charge in [0.1, 0.15) is 0 Å². The van der Waals surface area contributed by atoms with Gasteiger partial charge in [0.25, 0.3) is 0 Å². The van der Waals surface area contributed by atoms with Crippen molar-refractivity contribution in [1.82, 2.24) is 20.4 Å². The lowest BCUT2D eigenvalue weighted by Crippen LogP contribution is -2.39. The SMILES string of the molecule is CN=C(NCCCc1nc(C(C)C)no1)N(C)Cc1ccc(Cl)c(Cl)c1. The van der Waals surface area contributed by atoms with Crippen LogP contribution >= 0.6 is 23.2 Å². The quantitative estimate of drug-likeness (QED) is 0.431. The molecule has 0 bridgehead atoms. The van der Waals surface area contributed by atoms with Crippen molar-refractivity contribution in [2.24, 2.45) is 4.99 Å². The van der Waals surface area contributed by atoms with Gasteiger partial charge in [-0.3, -0.25) is 4.99 Å². The minimum absolute atomic E-state index is 0.277. The summed E-state index contributed by atoms with van der Waals surface area (Å²) in [5.41, 5.74) is 1.07. The van der Waals surface area contributed by atoms with Crippen LogP contribution in [-0.2, 0) is 13.0 Å². The van der Waals surface area contributed by atoms with Crippen LogP contribution in [-0.4, -0.2) is 41.6 Å². The van der Waals surface area contributed by atoms with Crippen LogP contribution in [0.1, 0.15) is 43.5 Å². The van der Waals surface area contributed by atoms with E-state index < -0.39 is 0 Å². The zero-order valence-electron chi connectivity index (χ0n) is 15.6. The molecule has 0 atom stereocenters. The fraction of sp³-hybridized carbons (Fsp3) is 0.500. The number of benzene rings is 1. The third kappa shape index (κ3) is 5.88. The average molecular weight is 398 g/mol. The predicted octanol–water partition coefficient (Wildman–Crippen LogP) is 4.14. The number of halogens is 2. The number of guanidine groups is 1. The van der Waals surface area contributed by atoms with E-state index in [1.165, 1.54) is 0 Å². The monoisotopic (exact) mass is 397 g/mol. The minimum Gasteiger partial charge on any atom is -0.356 e. The van der Waals surface area contributed by atoms with Gasteiger partial charge < -0.3 is 14.7 Å². The summed E-state index contributed by atoms with van der Waals surface area (Å²) in [7, 11) is 3.74. The number of nitrogens with zero attached hydrogens (tertiary/aromatic N) is 4. The Morgan fingerprint density at radius 2 is 2.08 bits per heavy atom. The van der Waals surface area contributed by atoms with Crippen molar-refractivity contribution in [3.8, 4) is 0 Å². The van der Waals surface area contributed by atoms with Gasteiger partial charge in [-0.1, -0.05) is 48.3 Å². The van der Waals surface area contributed by atoms with Crippen LogP contribution in [0.25, 0.3) is 0 Å². The summed E-state index contributed by atoms with van der Waals surface area (Å²) < 4.78 is 5.25. The molecule has 0 aliphatic heterocycles. The highest BCUT2D eigenvalue weighted by Crippen LogP contribution is 2.23. The molecule has 0 saturated heterocycles. The van der Waals surface area contributed by atoms with E-state index in [0.717, 1.165) is 36.7 Å². The van der Waals surface area contributed by atoms with Crippen molar-refractivity contribution in [2.45, 2.75) is 39.2 Å². The van der Waals surface area contributed by atoms with E-state index in [9.17, 15) is 0 Å². The molecule has 0 spiro atoms. The summed E-state index contributed by atoms with van der Waals surface area (Å²) in [5.74, 6) is 2.52. The van der Waals surface area contributed by atoms with Crippen LogP contribution in [0.5, 0.6) is 0 Å². The molecular formula is C18H25Cl2N5O. The Morgan fingerprint density at radius 3 is 2.69 bits per heavy atom. The molecule has 0 aliphatic rings. The molecule has 1 aromatic carbocycles. The Morgan fingerprint density at radius 1 is 1.31 bits per heavy atom. The predicted molar refractivity (Wildman–Crippen MR) is 106 cm³/mol. The van der Waals surface area contributed by atoms with Crippen LogP contribution in [0.15, 0.2) is 27.7 Å². The average Bonchev–Trinajstić information content (AvgIpc) is 3.07. The third-order valence-corrected chi connectivity index (χ3v) is 4.57. The first-order valence-electron chi connectivity index (χ1n) is 8.59. The Kier molecular flexibility index (Phi) is 7.72. The number of aryl methyl sites for hydroxylation is 1. The molecule has 1 N–H and O–H groups in total. The second-order valence-electron chi connectivity index (χ2n) is 6.38. The first-order chi connectivity index (χ1) is 12.4. The molecule has 8 heteroatoms. The lowest BCUT2D eigenvalue weighted by atomic mass is 10.2. The van der Waals surface area contributed by atoms with E-state index in [0.29, 0.717) is 22.5 Å². The van der Waals surface area contributed by atoms with Crippen molar-refractivity contribution >= 4 is 29.2 Å². The van der Waals surface area contributed by atoms with Crippen LogP contribution in [0.2, 0.25) is 10.0 Å². The molecule has 2 rings (SSSR count). The van der Waals surface area contributed by atoms with Crippen LogP contribution < -0.4 is 5.32 Å². The topological polar surface area (TPSA) is 66.5 Å². The molecule has 1 heterocycles. The van der Waals surface area contributed by atoms with Gasteiger partial charge in [0.2, 0.25) is 5.89 Å². The standard InChI is InChI=1S/C18H25Cl2N5O/c1-12(2)17-23-16(26-24-17)6-5-9-22-18(21-3)25(4)11-13-7-8-14(19)15(20)10-13/h7-8,10,12H,5-6,9,11H2,1-4H3,(H,21,22). The Labute approximate surface area is 164 Å². The van der Waals surface area contributed by atoms with Gasteiger partial charge in [-0.25, -0.2) is 0 Å². The van der Waals surface area contributed by atoms with Crippen molar-refractivity contribution in [3.63, 3.8) is 0 Å². The van der Waals surface area contributed by atoms with Gasteiger partial charge in [-0.2, -0.15) is 4.98 Å². The fourth-order valence-corrected chi connectivity index (χ4v) is 2.74. The summed E-state index contributed by atoms with van der Waals surface area (Å²) in [5, 5.41) is 8.43. The second-order valence-corrected chi connectivity index (χ2v) is 7.20. The van der Waals surface area contributed by atoms with E-state index in [1.807, 2.05) is 37.9 Å². The van der Waals surface area contributed by atoms with Gasteiger partial charge in [0.05, 0.1) is 10.0 Å². The molecule has 0 fully saturated rings. The highest BCUT2D eigenvalue weighted by atomic mass is 35.5. The summed E-state index contributed by atoms with van der Waals surface area (Å²) in [4.78, 5) is 10.7. The number of aromatic nitrogens is 2. The minimum atomic E-state index is 0.277. The second kappa shape index (κ2) is 9.78. The van der Waals surface area contributed by atoms with Gasteiger partial charge in [-0.15, -0.1) is 0 Å². The molecule has 0 saturated carbocycles. The summed E-state index contributed by atoms with van der Waals surface area (Å²) in [6.45, 7) is 5.53. The van der Waals surface area contributed by atoms with E-state index in [1.54, 1.807) is 13.1 Å². The molecule has 6 nitrogen and oxygen atoms in total. The van der Waals surface area contributed by atoms with Crippen molar-refractivity contribution in [1.29, 1.82) is 0 Å². The van der Waals surface area contributed by atoms with Gasteiger partial charge in [0.15, 0.2) is 11.8 Å². The number of hydrogen-bond acceptors (Lipinski definition) is 4. The molecule has 26 heavy (non-hydrogen) atoms. The first kappa shape index (κ1) is 20.5. The van der Waals surface area contributed by atoms with Crippen molar-refractivity contribution < 1.29 is 4.52 Å². The number of rotatable bonds is 7. The van der Waals surface area contributed by atoms with Crippen LogP contribution in [0.3, 0.4) is 0 Å². The fourth-order valence-electron chi connectivity index (χ4n) is 2.42. The van der Waals surface area contributed by atoms with Crippen molar-refractivity contribution in [2.75, 3.05) is 20.6 Å². The number of nitrogens with one attached hydrogen (secondary N) is 1. The van der Waals surface area contributed by atoms with Gasteiger partial charge >= 0.3 is 0 Å².